The van der Waals surface area contributed by atoms with Crippen molar-refractivity contribution in [3.8, 4) is 11.5 Å². The summed E-state index contributed by atoms with van der Waals surface area (Å²) >= 11 is 0. The molecule has 0 aromatic heterocycles. The van der Waals surface area contributed by atoms with E-state index in [1.54, 1.807) is 0 Å². The molecule has 0 spiro atoms. The first-order valence-electron chi connectivity index (χ1n) is 10.3. The number of hydrogen-bond donors (Lipinski definition) is 2. The smallest absolute Gasteiger partial charge is 0.263 e. The highest BCUT2D eigenvalue weighted by molar-refractivity contribution is 5.85. The molecule has 1 fully saturated rings. The first kappa shape index (κ1) is 20.0. The van der Waals surface area contributed by atoms with Crippen LogP contribution < -0.4 is 10.1 Å². The second kappa shape index (κ2) is 8.09. The molecule has 5 nitrogen and oxygen atoms in total. The van der Waals surface area contributed by atoms with Gasteiger partial charge in [-0.3, -0.25) is 4.79 Å². The number of likely N-dealkylation sites (tertiary alicyclic amines) is 1. The lowest BCUT2D eigenvalue weighted by Gasteiger charge is -2.36. The molecule has 2 aliphatic rings. The number of piperidine rings is 1. The van der Waals surface area contributed by atoms with Crippen molar-refractivity contribution < 1.29 is 14.6 Å². The minimum absolute atomic E-state index is 0.0328. The van der Waals surface area contributed by atoms with Gasteiger partial charge in [-0.05, 0) is 89.7 Å². The minimum atomic E-state index is -0.848. The van der Waals surface area contributed by atoms with Crippen LogP contribution in [0.25, 0.3) is 0 Å². The van der Waals surface area contributed by atoms with Crippen molar-refractivity contribution in [1.29, 1.82) is 0 Å². The van der Waals surface area contributed by atoms with E-state index in [-0.39, 0.29) is 5.91 Å². The lowest BCUT2D eigenvalue weighted by atomic mass is 9.86. The molecular formula is C22H34N2O3. The molecule has 1 unspecified atom stereocenters. The van der Waals surface area contributed by atoms with E-state index in [4.69, 9.17) is 4.74 Å². The third-order valence-electron chi connectivity index (χ3n) is 6.39. The number of phenols is 1. The van der Waals surface area contributed by atoms with Crippen LogP contribution in [0.3, 0.4) is 0 Å². The van der Waals surface area contributed by atoms with Crippen LogP contribution >= 0.6 is 0 Å². The quantitative estimate of drug-likeness (QED) is 0.776. The topological polar surface area (TPSA) is 61.8 Å². The van der Waals surface area contributed by atoms with Gasteiger partial charge in [0.25, 0.3) is 5.91 Å². The van der Waals surface area contributed by atoms with Gasteiger partial charge in [0.05, 0.1) is 0 Å². The number of nitrogens with one attached hydrogen (secondary N) is 1. The molecule has 3 rings (SSSR count). The molecule has 2 heterocycles. The fourth-order valence-corrected chi connectivity index (χ4v) is 4.28. The summed E-state index contributed by atoms with van der Waals surface area (Å²) in [6.45, 7) is 11.8. The van der Waals surface area contributed by atoms with E-state index in [1.807, 2.05) is 27.7 Å². The predicted molar refractivity (Wildman–Crippen MR) is 108 cm³/mol. The zero-order valence-electron chi connectivity index (χ0n) is 17.3. The molecule has 1 aromatic rings. The summed E-state index contributed by atoms with van der Waals surface area (Å²) in [5, 5.41) is 13.4. The Balaban J connectivity index is 1.59. The maximum Gasteiger partial charge on any atom is 0.263 e. The van der Waals surface area contributed by atoms with E-state index in [0.717, 1.165) is 47.4 Å². The van der Waals surface area contributed by atoms with Gasteiger partial charge in [-0.1, -0.05) is 6.42 Å². The normalized spacial score (nSPS) is 22.8. The molecule has 0 saturated carbocycles. The standard InChI is InChI=1S/C22H34N2O3/c1-15-16(2)20-18(17(3)19(15)25)9-10-22(4,27-20)21(26)23-11-8-14-24-12-6-5-7-13-24/h25H,5-14H2,1-4H3,(H,23,26). The van der Waals surface area contributed by atoms with Crippen LogP contribution in [0, 0.1) is 20.8 Å². The summed E-state index contributed by atoms with van der Waals surface area (Å²) in [5.41, 5.74) is 2.82. The van der Waals surface area contributed by atoms with Gasteiger partial charge < -0.3 is 20.1 Å². The first-order chi connectivity index (χ1) is 12.8. The number of carbonyl (C=O) groups is 1. The highest BCUT2D eigenvalue weighted by atomic mass is 16.5. The number of amides is 1. The molecule has 27 heavy (non-hydrogen) atoms. The molecule has 0 radical (unpaired) electrons. The van der Waals surface area contributed by atoms with Crippen molar-refractivity contribution in [3.05, 3.63) is 22.3 Å². The number of hydrogen-bond acceptors (Lipinski definition) is 4. The molecule has 1 amide bonds. The maximum absolute atomic E-state index is 12.8. The van der Waals surface area contributed by atoms with Crippen molar-refractivity contribution in [1.82, 2.24) is 10.2 Å². The first-order valence-corrected chi connectivity index (χ1v) is 10.3. The number of fused-ring (bicyclic) bond motifs is 1. The van der Waals surface area contributed by atoms with Gasteiger partial charge in [0, 0.05) is 18.5 Å². The Morgan fingerprint density at radius 3 is 2.56 bits per heavy atom. The molecular weight excluding hydrogens is 340 g/mol. The van der Waals surface area contributed by atoms with Crippen molar-refractivity contribution in [2.75, 3.05) is 26.2 Å². The number of ether oxygens (including phenoxy) is 1. The van der Waals surface area contributed by atoms with Crippen molar-refractivity contribution >= 4 is 5.91 Å². The van der Waals surface area contributed by atoms with E-state index in [2.05, 4.69) is 10.2 Å². The summed E-state index contributed by atoms with van der Waals surface area (Å²) in [6, 6.07) is 0. The lowest BCUT2D eigenvalue weighted by molar-refractivity contribution is -0.136. The predicted octanol–water partition coefficient (Wildman–Crippen LogP) is 3.39. The lowest BCUT2D eigenvalue weighted by Crippen LogP contribution is -2.51. The van der Waals surface area contributed by atoms with Crippen molar-refractivity contribution in [2.24, 2.45) is 0 Å². The maximum atomic E-state index is 12.8. The van der Waals surface area contributed by atoms with Gasteiger partial charge in [-0.2, -0.15) is 0 Å². The van der Waals surface area contributed by atoms with Crippen LogP contribution in [0.5, 0.6) is 11.5 Å². The van der Waals surface area contributed by atoms with Crippen LogP contribution in [0.1, 0.15) is 61.3 Å². The zero-order valence-corrected chi connectivity index (χ0v) is 17.3. The second-order valence-electron chi connectivity index (χ2n) is 8.38. The monoisotopic (exact) mass is 374 g/mol. The third-order valence-corrected chi connectivity index (χ3v) is 6.39. The summed E-state index contributed by atoms with van der Waals surface area (Å²) < 4.78 is 6.24. The van der Waals surface area contributed by atoms with Gasteiger partial charge in [-0.25, -0.2) is 0 Å². The molecule has 0 bridgehead atoms. The van der Waals surface area contributed by atoms with Crippen LogP contribution in [0.2, 0.25) is 0 Å². The molecule has 0 aliphatic carbocycles. The molecule has 5 heteroatoms. The summed E-state index contributed by atoms with van der Waals surface area (Å²) in [6.07, 6.45) is 6.29. The average Bonchev–Trinajstić information content (AvgIpc) is 2.68. The van der Waals surface area contributed by atoms with Crippen LogP contribution in [0.4, 0.5) is 0 Å². The Hall–Kier alpha value is -1.75. The number of rotatable bonds is 5. The van der Waals surface area contributed by atoms with E-state index >= 15 is 0 Å². The summed E-state index contributed by atoms with van der Waals surface area (Å²) in [4.78, 5) is 15.3. The Morgan fingerprint density at radius 1 is 1.15 bits per heavy atom. The minimum Gasteiger partial charge on any atom is -0.507 e. The van der Waals surface area contributed by atoms with E-state index in [9.17, 15) is 9.90 Å². The Kier molecular flexibility index (Phi) is 5.99. The fourth-order valence-electron chi connectivity index (χ4n) is 4.28. The third kappa shape index (κ3) is 4.08. The average molecular weight is 375 g/mol. The van der Waals surface area contributed by atoms with Crippen molar-refractivity contribution in [3.63, 3.8) is 0 Å². The Morgan fingerprint density at radius 2 is 1.85 bits per heavy atom. The van der Waals surface area contributed by atoms with E-state index in [0.29, 0.717) is 18.7 Å². The van der Waals surface area contributed by atoms with Gasteiger partial charge in [0.15, 0.2) is 5.60 Å². The highest BCUT2D eigenvalue weighted by Gasteiger charge is 2.40. The van der Waals surface area contributed by atoms with Crippen molar-refractivity contribution in [2.45, 2.75) is 71.8 Å². The van der Waals surface area contributed by atoms with Gasteiger partial charge in [-0.15, -0.1) is 0 Å². The molecule has 150 valence electrons. The Bertz CT molecular complexity index is 710. The number of aromatic hydroxyl groups is 1. The molecule has 2 aliphatic heterocycles. The zero-order chi connectivity index (χ0) is 19.6. The number of benzene rings is 1. The molecule has 2 N–H and O–H groups in total. The van der Waals surface area contributed by atoms with Crippen LogP contribution in [-0.2, 0) is 11.2 Å². The largest absolute Gasteiger partial charge is 0.507 e. The highest BCUT2D eigenvalue weighted by Crippen LogP contribution is 2.43. The van der Waals surface area contributed by atoms with E-state index in [1.165, 1.54) is 32.4 Å². The second-order valence-corrected chi connectivity index (χ2v) is 8.38. The summed E-state index contributed by atoms with van der Waals surface area (Å²) in [5.74, 6) is 1.09. The Labute approximate surface area is 163 Å². The SMILES string of the molecule is Cc1c(C)c2c(c(C)c1O)CCC(C)(C(=O)NCCCN1CCCCC1)O2. The number of phenolic OH excluding ortho intramolecular Hbond substituents is 1. The van der Waals surface area contributed by atoms with Gasteiger partial charge in [0.1, 0.15) is 11.5 Å². The molecule has 1 aromatic carbocycles. The van der Waals surface area contributed by atoms with E-state index < -0.39 is 5.60 Å². The van der Waals surface area contributed by atoms with Gasteiger partial charge in [0.2, 0.25) is 0 Å². The number of nitrogens with zero attached hydrogens (tertiary/aromatic N) is 1. The summed E-state index contributed by atoms with van der Waals surface area (Å²) in [7, 11) is 0. The molecule has 1 atom stereocenters. The van der Waals surface area contributed by atoms with Crippen LogP contribution in [-0.4, -0.2) is 47.7 Å². The number of carbonyl (C=O) groups excluding carboxylic acids is 1. The van der Waals surface area contributed by atoms with Gasteiger partial charge >= 0.3 is 0 Å². The fraction of sp³-hybridized carbons (Fsp3) is 0.682. The van der Waals surface area contributed by atoms with Crippen LogP contribution in [0.15, 0.2) is 0 Å². The molecule has 1 saturated heterocycles.